The van der Waals surface area contributed by atoms with E-state index in [0.29, 0.717) is 12.8 Å². The number of carbonyl (C=O) groups excluding carboxylic acids is 10. The molecule has 0 aliphatic carbocycles. The number of aliphatic hydroxyl groups is 4. The maximum atomic E-state index is 14.2. The number of nitrogens with two attached hydrogens (primary N) is 3. The Kier molecular flexibility index (Phi) is 39.6. The third-order valence-corrected chi connectivity index (χ3v) is 14.3. The maximum Gasteiger partial charge on any atom is 0.335 e. The van der Waals surface area contributed by atoms with Crippen LogP contribution in [0.15, 0.2) is 11.8 Å². The predicted octanol–water partition coefficient (Wildman–Crippen LogP) is -3.60. The summed E-state index contributed by atoms with van der Waals surface area (Å²) in [4.78, 5) is 163. The van der Waals surface area contributed by atoms with Crippen molar-refractivity contribution in [2.24, 2.45) is 17.2 Å². The molecule has 496 valence electrons. The van der Waals surface area contributed by atoms with E-state index in [4.69, 9.17) is 33.5 Å². The average Bonchev–Trinajstić information content (AvgIpc) is 3.53. The van der Waals surface area contributed by atoms with Gasteiger partial charge in [0.25, 0.3) is 5.91 Å². The minimum Gasteiger partial charge on any atom is -0.481 e. The van der Waals surface area contributed by atoms with Crippen molar-refractivity contribution >= 4 is 82.7 Å². The van der Waals surface area contributed by atoms with Crippen LogP contribution in [0.3, 0.4) is 0 Å². The van der Waals surface area contributed by atoms with Gasteiger partial charge in [0, 0.05) is 0 Å². The standard InChI is InChI=1S/C55H95ClN12O19/c1-4-6-7-8-9-10-11-12-13-14-15-16-17-20-32(70)27-40(72)60-38-30-87-55(86)43(39(71)29-56)67-53(83)44(45(75)54(84)85)68-46(76)33(5-2)61-52(82)42(31(3)69)66-49(79)36(23-26-59)63-47(77)34(21-18-19-24-57)62-50(80)37(28-41(73)74)65-48(78)35(22-25-58)64-51(38)81/h5,31-32,34-39,42-45,69-71,75H,4,6-30,57-59H2,1-3H3,(H,60,72)(H,61,82)(H,62,80)(H,63,77)(H,64,81)(H,65,78)(H,66,79)(H,67,83)(H,68,76)(H,73,74)(H,84,85)/b33-5-/t31-,32-,34-,35+,36-,37+,38-,39?,42?,43-,44?,45-/m0/s1. The lowest BCUT2D eigenvalue weighted by atomic mass is 10.0. The second kappa shape index (κ2) is 43.9. The van der Waals surface area contributed by atoms with Gasteiger partial charge >= 0.3 is 17.9 Å². The quantitative estimate of drug-likeness (QED) is 0.0134. The molecule has 1 aliphatic rings. The number of nitrogens with one attached hydrogen (secondary N) is 9. The SMILES string of the molecule is C/C=C1\NC(=O)C([C@H](C)O)NC(=O)[C@H](CCN)NC(=O)[C@H](CCCCN)NC(=O)[C@@H](CC(=O)O)NC(=O)[C@@H](CCN)NC(=O)[C@@H](NC(=O)C[C@@H](O)CCCCCCCCCCCCCCC)COC(=O)[C@H](C(O)CCl)NC(=O)C([C@H](O)C(=O)O)NC1=O. The highest BCUT2D eigenvalue weighted by Crippen LogP contribution is 2.15. The maximum absolute atomic E-state index is 14.2. The molecule has 0 aromatic carbocycles. The second-order valence-corrected chi connectivity index (χ2v) is 21.6. The molecule has 1 fully saturated rings. The highest BCUT2D eigenvalue weighted by atomic mass is 35.5. The summed E-state index contributed by atoms with van der Waals surface area (Å²) in [7, 11) is 0. The van der Waals surface area contributed by atoms with Crippen LogP contribution >= 0.6 is 11.6 Å². The Morgan fingerprint density at radius 2 is 1.08 bits per heavy atom. The molecule has 3 unspecified atom stereocenters. The van der Waals surface area contributed by atoms with Crippen LogP contribution < -0.4 is 65.1 Å². The van der Waals surface area contributed by atoms with Crippen molar-refractivity contribution in [2.75, 3.05) is 32.1 Å². The van der Waals surface area contributed by atoms with Crippen molar-refractivity contribution in [1.29, 1.82) is 0 Å². The van der Waals surface area contributed by atoms with E-state index in [-0.39, 0.29) is 45.3 Å². The number of carbonyl (C=O) groups is 12. The molecule has 0 saturated carbocycles. The Hall–Kier alpha value is -6.61. The Bertz CT molecular complexity index is 2270. The highest BCUT2D eigenvalue weighted by Gasteiger charge is 2.41. The van der Waals surface area contributed by atoms with Crippen LogP contribution in [-0.4, -0.2) is 207 Å². The fourth-order valence-electron chi connectivity index (χ4n) is 8.93. The van der Waals surface area contributed by atoms with E-state index in [1.165, 1.54) is 45.4 Å². The molecule has 12 atom stereocenters. The van der Waals surface area contributed by atoms with Gasteiger partial charge in [-0.15, -0.1) is 11.6 Å². The van der Waals surface area contributed by atoms with Crippen molar-refractivity contribution < 1.29 is 92.9 Å². The van der Waals surface area contributed by atoms with E-state index in [9.17, 15) is 88.2 Å². The number of aliphatic carboxylic acids is 2. The van der Waals surface area contributed by atoms with Crippen LogP contribution in [0.2, 0.25) is 0 Å². The van der Waals surface area contributed by atoms with E-state index in [2.05, 4.69) is 44.1 Å². The largest absolute Gasteiger partial charge is 0.481 e. The second-order valence-electron chi connectivity index (χ2n) is 21.3. The van der Waals surface area contributed by atoms with Gasteiger partial charge in [0.1, 0.15) is 54.6 Å². The minimum absolute atomic E-state index is 0.123. The Morgan fingerprint density at radius 1 is 0.598 bits per heavy atom. The van der Waals surface area contributed by atoms with E-state index in [0.717, 1.165) is 51.5 Å². The van der Waals surface area contributed by atoms with Gasteiger partial charge in [-0.2, -0.15) is 0 Å². The number of carboxylic acid groups (broad SMARTS) is 2. The van der Waals surface area contributed by atoms with Gasteiger partial charge in [-0.3, -0.25) is 47.9 Å². The Labute approximate surface area is 511 Å². The molecule has 87 heavy (non-hydrogen) atoms. The lowest BCUT2D eigenvalue weighted by Gasteiger charge is -2.28. The van der Waals surface area contributed by atoms with Crippen molar-refractivity contribution in [3.8, 4) is 0 Å². The number of ether oxygens (including phenoxy) is 1. The molecule has 32 heteroatoms. The first kappa shape index (κ1) is 78.4. The summed E-state index contributed by atoms with van der Waals surface area (Å²) in [6, 6.07) is -15.8. The number of cyclic esters (lactones) is 1. The highest BCUT2D eigenvalue weighted by molar-refractivity contribution is 6.18. The molecule has 0 spiro atoms. The van der Waals surface area contributed by atoms with Crippen LogP contribution in [0.5, 0.6) is 0 Å². The minimum atomic E-state index is -2.83. The smallest absolute Gasteiger partial charge is 0.335 e. The number of esters is 1. The lowest BCUT2D eigenvalue weighted by Crippen LogP contribution is -2.62. The van der Waals surface area contributed by atoms with E-state index in [1.807, 2.05) is 10.6 Å². The zero-order valence-corrected chi connectivity index (χ0v) is 50.7. The summed E-state index contributed by atoms with van der Waals surface area (Å²) in [6.45, 7) is 2.68. The van der Waals surface area contributed by atoms with Crippen LogP contribution in [0.4, 0.5) is 0 Å². The van der Waals surface area contributed by atoms with Crippen molar-refractivity contribution in [3.63, 3.8) is 0 Å². The van der Waals surface area contributed by atoms with Crippen LogP contribution in [-0.2, 0) is 62.3 Å². The van der Waals surface area contributed by atoms with Crippen molar-refractivity contribution in [1.82, 2.24) is 47.9 Å². The van der Waals surface area contributed by atoms with Gasteiger partial charge in [0.05, 0.1) is 37.0 Å². The summed E-state index contributed by atoms with van der Waals surface area (Å²) in [5, 5.41) is 82.4. The molecule has 0 aromatic heterocycles. The molecule has 1 saturated heterocycles. The zero-order chi connectivity index (χ0) is 65.6. The van der Waals surface area contributed by atoms with Crippen molar-refractivity contribution in [2.45, 2.75) is 228 Å². The van der Waals surface area contributed by atoms with E-state index in [1.54, 1.807) is 0 Å². The third kappa shape index (κ3) is 30.7. The summed E-state index contributed by atoms with van der Waals surface area (Å²) in [6.07, 6.45) is 4.80. The van der Waals surface area contributed by atoms with Gasteiger partial charge in [-0.05, 0) is 72.0 Å². The number of unbranched alkanes of at least 4 members (excludes halogenated alkanes) is 13. The lowest BCUT2D eigenvalue weighted by molar-refractivity contribution is -0.155. The summed E-state index contributed by atoms with van der Waals surface area (Å²) in [5.41, 5.74) is 16.5. The number of hydrogen-bond donors (Lipinski definition) is 18. The van der Waals surface area contributed by atoms with Gasteiger partial charge in [-0.25, -0.2) is 9.59 Å². The number of alkyl halides is 1. The fraction of sp³-hybridized carbons (Fsp3) is 0.745. The fourth-order valence-corrected chi connectivity index (χ4v) is 9.11. The molecule has 0 bridgehead atoms. The number of allylic oxidation sites excluding steroid dienone is 1. The summed E-state index contributed by atoms with van der Waals surface area (Å²) >= 11 is 5.87. The number of carboxylic acids is 2. The molecule has 1 heterocycles. The van der Waals surface area contributed by atoms with Gasteiger partial charge in [0.2, 0.25) is 47.3 Å². The van der Waals surface area contributed by atoms with E-state index < -0.39 is 181 Å². The monoisotopic (exact) mass is 1260 g/mol. The van der Waals surface area contributed by atoms with Crippen LogP contribution in [0.25, 0.3) is 0 Å². The number of rotatable bonds is 32. The van der Waals surface area contributed by atoms with Crippen molar-refractivity contribution in [3.05, 3.63) is 11.8 Å². The molecule has 31 nitrogen and oxygen atoms in total. The molecule has 21 N–H and O–H groups in total. The molecule has 1 aliphatic heterocycles. The zero-order valence-electron chi connectivity index (χ0n) is 50.0. The molecule has 9 amide bonds. The average molecular weight is 1260 g/mol. The van der Waals surface area contributed by atoms with Gasteiger partial charge in [0.15, 0.2) is 12.1 Å². The summed E-state index contributed by atoms with van der Waals surface area (Å²) < 4.78 is 5.29. The van der Waals surface area contributed by atoms with E-state index >= 15 is 0 Å². The molecule has 1 rings (SSSR count). The first-order valence-corrected chi connectivity index (χ1v) is 30.2. The van der Waals surface area contributed by atoms with Gasteiger partial charge in [-0.1, -0.05) is 96.5 Å². The van der Waals surface area contributed by atoms with Gasteiger partial charge < -0.3 is 100 Å². The van der Waals surface area contributed by atoms with Crippen LogP contribution in [0, 0.1) is 0 Å². The molecule has 0 aromatic rings. The molecular weight excluding hydrogens is 1170 g/mol. The first-order chi connectivity index (χ1) is 41.3. The topological polar surface area (TPSA) is 522 Å². The molecular formula is C55H95ClN12O19. The van der Waals surface area contributed by atoms with Crippen LogP contribution in [0.1, 0.15) is 156 Å². The number of amides is 9. The number of aliphatic hydroxyl groups excluding tert-OH is 4. The normalized spacial score (nSPS) is 23.9. The molecule has 0 radical (unpaired) electrons. The number of halogens is 1. The Morgan fingerprint density at radius 3 is 1.56 bits per heavy atom. The first-order valence-electron chi connectivity index (χ1n) is 29.7. The predicted molar refractivity (Wildman–Crippen MR) is 314 cm³/mol. The third-order valence-electron chi connectivity index (χ3n) is 14.0. The summed E-state index contributed by atoms with van der Waals surface area (Å²) in [5.74, 6) is -17.8. The Balaban J connectivity index is 3.88. The number of hydrogen-bond acceptors (Lipinski definition) is 20.